The zero-order valence-electron chi connectivity index (χ0n) is 11.7. The van der Waals surface area contributed by atoms with Crippen LogP contribution in [-0.2, 0) is 4.79 Å². The highest BCUT2D eigenvalue weighted by molar-refractivity contribution is 5.85. The third kappa shape index (κ3) is 2.52. The third-order valence-electron chi connectivity index (χ3n) is 4.57. The summed E-state index contributed by atoms with van der Waals surface area (Å²) in [4.78, 5) is 12.5. The molecule has 4 nitrogen and oxygen atoms in total. The average Bonchev–Trinajstić information content (AvgIpc) is 3.13. The van der Waals surface area contributed by atoms with Crippen molar-refractivity contribution in [1.29, 1.82) is 0 Å². The van der Waals surface area contributed by atoms with Crippen molar-refractivity contribution in [2.75, 3.05) is 13.2 Å². The van der Waals surface area contributed by atoms with Gasteiger partial charge in [0.2, 0.25) is 5.91 Å². The molecule has 0 saturated heterocycles. The van der Waals surface area contributed by atoms with Crippen LogP contribution < -0.4 is 15.8 Å². The van der Waals surface area contributed by atoms with Crippen molar-refractivity contribution >= 4 is 5.91 Å². The zero-order valence-corrected chi connectivity index (χ0v) is 11.7. The fourth-order valence-electron chi connectivity index (χ4n) is 3.39. The molecule has 1 saturated carbocycles. The van der Waals surface area contributed by atoms with Crippen LogP contribution in [0, 0.1) is 5.92 Å². The standard InChI is InChI=1S/C16H22N2O2/c17-9-14(11-5-1-2-6-11)18-16(19)13-10-20-15-8-4-3-7-12(13)15/h3-4,7-8,11,13-14H,1-2,5-6,9-10,17H2,(H,18,19). The number of hydrogen-bond donors (Lipinski definition) is 2. The Labute approximate surface area is 119 Å². The van der Waals surface area contributed by atoms with Gasteiger partial charge in [-0.3, -0.25) is 4.79 Å². The summed E-state index contributed by atoms with van der Waals surface area (Å²) in [6.07, 6.45) is 4.87. The molecule has 4 heteroatoms. The largest absolute Gasteiger partial charge is 0.492 e. The summed E-state index contributed by atoms with van der Waals surface area (Å²) in [6.45, 7) is 0.957. The number of carbonyl (C=O) groups excluding carboxylic acids is 1. The Bertz CT molecular complexity index is 483. The van der Waals surface area contributed by atoms with Gasteiger partial charge in [-0.25, -0.2) is 0 Å². The molecule has 1 heterocycles. The molecule has 108 valence electrons. The van der Waals surface area contributed by atoms with Gasteiger partial charge < -0.3 is 15.8 Å². The van der Waals surface area contributed by atoms with Gasteiger partial charge in [0.1, 0.15) is 18.3 Å². The maximum atomic E-state index is 12.5. The molecule has 2 atom stereocenters. The first-order chi connectivity index (χ1) is 9.79. The van der Waals surface area contributed by atoms with Crippen LogP contribution in [0.4, 0.5) is 0 Å². The molecule has 1 aromatic rings. The first kappa shape index (κ1) is 13.4. The summed E-state index contributed by atoms with van der Waals surface area (Å²) in [7, 11) is 0. The topological polar surface area (TPSA) is 64.3 Å². The number of benzene rings is 1. The highest BCUT2D eigenvalue weighted by Gasteiger charge is 2.33. The number of amides is 1. The zero-order chi connectivity index (χ0) is 13.9. The van der Waals surface area contributed by atoms with E-state index in [0.717, 1.165) is 11.3 Å². The van der Waals surface area contributed by atoms with Gasteiger partial charge in [-0.1, -0.05) is 31.0 Å². The van der Waals surface area contributed by atoms with E-state index in [0.29, 0.717) is 19.1 Å². The molecular formula is C16H22N2O2. The third-order valence-corrected chi connectivity index (χ3v) is 4.57. The van der Waals surface area contributed by atoms with E-state index in [9.17, 15) is 4.79 Å². The van der Waals surface area contributed by atoms with Crippen molar-refractivity contribution in [3.05, 3.63) is 29.8 Å². The van der Waals surface area contributed by atoms with Crippen molar-refractivity contribution < 1.29 is 9.53 Å². The lowest BCUT2D eigenvalue weighted by Crippen LogP contribution is -2.46. The van der Waals surface area contributed by atoms with E-state index in [2.05, 4.69) is 5.32 Å². The molecule has 1 fully saturated rings. The lowest BCUT2D eigenvalue weighted by atomic mass is 9.95. The lowest BCUT2D eigenvalue weighted by Gasteiger charge is -2.24. The monoisotopic (exact) mass is 274 g/mol. The Hall–Kier alpha value is -1.55. The highest BCUT2D eigenvalue weighted by atomic mass is 16.5. The van der Waals surface area contributed by atoms with Crippen LogP contribution in [0.3, 0.4) is 0 Å². The van der Waals surface area contributed by atoms with E-state index in [1.54, 1.807) is 0 Å². The summed E-state index contributed by atoms with van der Waals surface area (Å²) < 4.78 is 5.58. The van der Waals surface area contributed by atoms with E-state index < -0.39 is 0 Å². The van der Waals surface area contributed by atoms with E-state index >= 15 is 0 Å². The van der Waals surface area contributed by atoms with E-state index in [4.69, 9.17) is 10.5 Å². The Morgan fingerprint density at radius 1 is 1.35 bits per heavy atom. The summed E-state index contributed by atoms with van der Waals surface area (Å²) in [5.41, 5.74) is 6.84. The second-order valence-electron chi connectivity index (χ2n) is 5.80. The Balaban J connectivity index is 1.67. The Morgan fingerprint density at radius 2 is 2.10 bits per heavy atom. The number of hydrogen-bond acceptors (Lipinski definition) is 3. The smallest absolute Gasteiger partial charge is 0.231 e. The van der Waals surface area contributed by atoms with Crippen LogP contribution in [0.25, 0.3) is 0 Å². The minimum Gasteiger partial charge on any atom is -0.492 e. The minimum absolute atomic E-state index is 0.0531. The number of para-hydroxylation sites is 1. The van der Waals surface area contributed by atoms with Crippen molar-refractivity contribution in [1.82, 2.24) is 5.32 Å². The first-order valence-corrected chi connectivity index (χ1v) is 7.51. The SMILES string of the molecule is NCC(NC(=O)C1COc2ccccc21)C1CCCC1. The molecule has 0 radical (unpaired) electrons. The normalized spacial score (nSPS) is 23.1. The summed E-state index contributed by atoms with van der Waals surface area (Å²) in [5, 5.41) is 3.15. The maximum Gasteiger partial charge on any atom is 0.231 e. The van der Waals surface area contributed by atoms with Gasteiger partial charge in [-0.15, -0.1) is 0 Å². The lowest BCUT2D eigenvalue weighted by molar-refractivity contribution is -0.123. The van der Waals surface area contributed by atoms with E-state index in [-0.39, 0.29) is 17.9 Å². The summed E-state index contributed by atoms with van der Waals surface area (Å²) in [5.74, 6) is 1.23. The molecule has 2 aliphatic rings. The van der Waals surface area contributed by atoms with E-state index in [1.165, 1.54) is 25.7 Å². The molecule has 3 N–H and O–H groups in total. The molecule has 1 aliphatic carbocycles. The molecular weight excluding hydrogens is 252 g/mol. The van der Waals surface area contributed by atoms with E-state index in [1.807, 2.05) is 24.3 Å². The van der Waals surface area contributed by atoms with Crippen LogP contribution in [0.1, 0.15) is 37.2 Å². The number of nitrogens with one attached hydrogen (secondary N) is 1. The van der Waals surface area contributed by atoms with Gasteiger partial charge in [0.15, 0.2) is 0 Å². The minimum atomic E-state index is -0.193. The maximum absolute atomic E-state index is 12.5. The van der Waals surface area contributed by atoms with Crippen molar-refractivity contribution in [3.8, 4) is 5.75 Å². The predicted octanol–water partition coefficient (Wildman–Crippen LogP) is 1.80. The molecule has 0 aromatic heterocycles. The van der Waals surface area contributed by atoms with Crippen LogP contribution in [-0.4, -0.2) is 25.1 Å². The van der Waals surface area contributed by atoms with Gasteiger partial charge in [0.25, 0.3) is 0 Å². The van der Waals surface area contributed by atoms with Crippen LogP contribution in [0.2, 0.25) is 0 Å². The number of ether oxygens (including phenoxy) is 1. The fourth-order valence-corrected chi connectivity index (χ4v) is 3.39. The molecule has 3 rings (SSSR count). The van der Waals surface area contributed by atoms with Crippen molar-refractivity contribution in [3.63, 3.8) is 0 Å². The number of nitrogens with two attached hydrogens (primary N) is 1. The second-order valence-corrected chi connectivity index (χ2v) is 5.80. The van der Waals surface area contributed by atoms with Gasteiger partial charge >= 0.3 is 0 Å². The second kappa shape index (κ2) is 5.83. The molecule has 0 bridgehead atoms. The fraction of sp³-hybridized carbons (Fsp3) is 0.562. The summed E-state index contributed by atoms with van der Waals surface area (Å²) in [6, 6.07) is 7.88. The highest BCUT2D eigenvalue weighted by Crippen LogP contribution is 2.34. The van der Waals surface area contributed by atoms with Gasteiger partial charge in [-0.2, -0.15) is 0 Å². The molecule has 20 heavy (non-hydrogen) atoms. The average molecular weight is 274 g/mol. The number of rotatable bonds is 4. The van der Waals surface area contributed by atoms with Crippen LogP contribution in [0.5, 0.6) is 5.75 Å². The van der Waals surface area contributed by atoms with Gasteiger partial charge in [0.05, 0.1) is 0 Å². The quantitative estimate of drug-likeness (QED) is 0.880. The molecule has 2 unspecified atom stereocenters. The molecule has 0 spiro atoms. The van der Waals surface area contributed by atoms with Crippen LogP contribution in [0.15, 0.2) is 24.3 Å². The number of carbonyl (C=O) groups is 1. The Kier molecular flexibility index (Phi) is 3.92. The summed E-state index contributed by atoms with van der Waals surface area (Å²) >= 11 is 0. The van der Waals surface area contributed by atoms with Crippen molar-refractivity contribution in [2.24, 2.45) is 11.7 Å². The number of fused-ring (bicyclic) bond motifs is 1. The molecule has 1 aliphatic heterocycles. The van der Waals surface area contributed by atoms with Gasteiger partial charge in [0, 0.05) is 18.2 Å². The predicted molar refractivity (Wildman–Crippen MR) is 77.6 cm³/mol. The molecule has 1 aromatic carbocycles. The van der Waals surface area contributed by atoms with Gasteiger partial charge in [-0.05, 0) is 24.8 Å². The molecule has 1 amide bonds. The van der Waals surface area contributed by atoms with Crippen molar-refractivity contribution in [2.45, 2.75) is 37.6 Å². The Morgan fingerprint density at radius 3 is 2.85 bits per heavy atom. The van der Waals surface area contributed by atoms with Crippen LogP contribution >= 0.6 is 0 Å². The first-order valence-electron chi connectivity index (χ1n) is 7.51.